The third kappa shape index (κ3) is 7.52. The van der Waals surface area contributed by atoms with Crippen LogP contribution in [0.15, 0.2) is 29.3 Å². The number of fused-ring (bicyclic) bond motifs is 1. The molecule has 1 aromatic rings. The zero-order chi connectivity index (χ0) is 19.0. The van der Waals surface area contributed by atoms with E-state index < -0.39 is 0 Å². The van der Waals surface area contributed by atoms with E-state index in [1.165, 1.54) is 5.56 Å². The molecule has 2 N–H and O–H groups in total. The Morgan fingerprint density at radius 1 is 1.30 bits per heavy atom. The number of aliphatic imine (C=N–C) groups is 1. The minimum absolute atomic E-state index is 0. The summed E-state index contributed by atoms with van der Waals surface area (Å²) >= 11 is 1.82. The van der Waals surface area contributed by atoms with Gasteiger partial charge in [-0.05, 0) is 51.5 Å². The summed E-state index contributed by atoms with van der Waals surface area (Å²) in [5.74, 6) is 1.04. The second-order valence-corrected chi connectivity index (χ2v) is 8.63. The highest BCUT2D eigenvalue weighted by Gasteiger charge is 2.23. The van der Waals surface area contributed by atoms with Crippen molar-refractivity contribution < 1.29 is 4.79 Å². The molecule has 1 aromatic carbocycles. The molecule has 0 fully saturated rings. The van der Waals surface area contributed by atoms with E-state index in [0.29, 0.717) is 6.42 Å². The second kappa shape index (κ2) is 11.8. The van der Waals surface area contributed by atoms with Gasteiger partial charge in [0, 0.05) is 36.5 Å². The summed E-state index contributed by atoms with van der Waals surface area (Å²) in [7, 11) is 0. The topological polar surface area (TPSA) is 56.7 Å². The number of nitrogens with one attached hydrogen (secondary N) is 2. The van der Waals surface area contributed by atoms with E-state index in [1.807, 2.05) is 34.9 Å². The monoisotopic (exact) mass is 504 g/mol. The van der Waals surface area contributed by atoms with Gasteiger partial charge in [-0.1, -0.05) is 18.2 Å². The van der Waals surface area contributed by atoms with Crippen molar-refractivity contribution in [3.8, 4) is 0 Å². The Kier molecular flexibility index (Phi) is 10.5. The van der Waals surface area contributed by atoms with Crippen molar-refractivity contribution in [3.63, 3.8) is 0 Å². The SMILES string of the molecule is CCNC(=NCC(C)(C)SC)NCCCC(=O)N1CCc2ccccc21.I. The van der Waals surface area contributed by atoms with Crippen molar-refractivity contribution in [1.82, 2.24) is 10.6 Å². The standard InChI is InChI=1S/C20H32N4OS.HI/c1-5-21-19(23-15-20(2,3)26-4)22-13-8-11-18(25)24-14-12-16-9-6-7-10-17(16)24;/h6-7,9-10H,5,8,11-15H2,1-4H3,(H2,21,22,23);1H. The van der Waals surface area contributed by atoms with Crippen LogP contribution in [-0.2, 0) is 11.2 Å². The van der Waals surface area contributed by atoms with Gasteiger partial charge in [-0.15, -0.1) is 24.0 Å². The van der Waals surface area contributed by atoms with E-state index in [2.05, 4.69) is 48.7 Å². The maximum absolute atomic E-state index is 12.5. The molecule has 152 valence electrons. The van der Waals surface area contributed by atoms with Crippen molar-refractivity contribution in [1.29, 1.82) is 0 Å². The summed E-state index contributed by atoms with van der Waals surface area (Å²) in [5.41, 5.74) is 2.36. The molecule has 1 heterocycles. The number of halogens is 1. The molecule has 1 aliphatic heterocycles. The molecular formula is C20H33IN4OS. The third-order valence-electron chi connectivity index (χ3n) is 4.56. The molecule has 2 rings (SSSR count). The predicted molar refractivity (Wildman–Crippen MR) is 129 cm³/mol. The number of guanidine groups is 1. The lowest BCUT2D eigenvalue weighted by Crippen LogP contribution is -2.39. The lowest BCUT2D eigenvalue weighted by Gasteiger charge is -2.20. The number of benzene rings is 1. The third-order valence-corrected chi connectivity index (χ3v) is 5.80. The van der Waals surface area contributed by atoms with Crippen LogP contribution in [-0.4, -0.2) is 49.0 Å². The van der Waals surface area contributed by atoms with Gasteiger partial charge in [0.05, 0.1) is 6.54 Å². The molecule has 1 amide bonds. The molecule has 1 aliphatic rings. The highest BCUT2D eigenvalue weighted by molar-refractivity contribution is 14.0. The molecule has 0 unspecified atom stereocenters. The molecule has 0 atom stereocenters. The molecule has 0 radical (unpaired) electrons. The van der Waals surface area contributed by atoms with Crippen LogP contribution in [0.5, 0.6) is 0 Å². The summed E-state index contributed by atoms with van der Waals surface area (Å²) in [6.07, 6.45) is 4.42. The number of amides is 1. The van der Waals surface area contributed by atoms with E-state index in [4.69, 9.17) is 0 Å². The van der Waals surface area contributed by atoms with Gasteiger partial charge in [0.2, 0.25) is 5.91 Å². The fraction of sp³-hybridized carbons (Fsp3) is 0.600. The Hall–Kier alpha value is -0.960. The molecule has 5 nitrogen and oxygen atoms in total. The second-order valence-electron chi connectivity index (χ2n) is 7.11. The lowest BCUT2D eigenvalue weighted by atomic mass is 10.2. The number of anilines is 1. The zero-order valence-corrected chi connectivity index (χ0v) is 20.0. The van der Waals surface area contributed by atoms with Crippen LogP contribution in [0.2, 0.25) is 0 Å². The largest absolute Gasteiger partial charge is 0.357 e. The Morgan fingerprint density at radius 3 is 2.74 bits per heavy atom. The van der Waals surface area contributed by atoms with E-state index in [9.17, 15) is 4.79 Å². The first-order valence-corrected chi connectivity index (χ1v) is 10.6. The number of carbonyl (C=O) groups is 1. The molecule has 0 saturated heterocycles. The van der Waals surface area contributed by atoms with Crippen LogP contribution in [0.3, 0.4) is 0 Å². The summed E-state index contributed by atoms with van der Waals surface area (Å²) in [5, 5.41) is 6.61. The maximum Gasteiger partial charge on any atom is 0.227 e. The molecule has 0 aromatic heterocycles. The normalized spacial score (nSPS) is 13.8. The van der Waals surface area contributed by atoms with Gasteiger partial charge in [0.25, 0.3) is 0 Å². The fourth-order valence-electron chi connectivity index (χ4n) is 2.85. The Labute approximate surface area is 185 Å². The van der Waals surface area contributed by atoms with Crippen LogP contribution in [0.25, 0.3) is 0 Å². The quantitative estimate of drug-likeness (QED) is 0.246. The first-order chi connectivity index (χ1) is 12.5. The van der Waals surface area contributed by atoms with Gasteiger partial charge in [-0.25, -0.2) is 0 Å². The van der Waals surface area contributed by atoms with Crippen LogP contribution in [0.1, 0.15) is 39.2 Å². The first-order valence-electron chi connectivity index (χ1n) is 9.42. The van der Waals surface area contributed by atoms with E-state index in [1.54, 1.807) is 0 Å². The summed E-state index contributed by atoms with van der Waals surface area (Å²) < 4.78 is 0.126. The summed E-state index contributed by atoms with van der Waals surface area (Å²) in [4.78, 5) is 19.1. The molecule has 0 spiro atoms. The maximum atomic E-state index is 12.5. The van der Waals surface area contributed by atoms with Gasteiger partial charge in [0.1, 0.15) is 0 Å². The highest BCUT2D eigenvalue weighted by Crippen LogP contribution is 2.28. The molecule has 7 heteroatoms. The average molecular weight is 504 g/mol. The minimum atomic E-state index is 0. The smallest absolute Gasteiger partial charge is 0.227 e. The molecular weight excluding hydrogens is 471 g/mol. The number of carbonyl (C=O) groups excluding carboxylic acids is 1. The van der Waals surface area contributed by atoms with Crippen molar-refractivity contribution in [3.05, 3.63) is 29.8 Å². The minimum Gasteiger partial charge on any atom is -0.357 e. The molecule has 0 bridgehead atoms. The van der Waals surface area contributed by atoms with Crippen molar-refractivity contribution >= 4 is 53.3 Å². The first kappa shape index (κ1) is 24.1. The van der Waals surface area contributed by atoms with Gasteiger partial charge in [-0.3, -0.25) is 9.79 Å². The molecule has 27 heavy (non-hydrogen) atoms. The number of hydrogen-bond acceptors (Lipinski definition) is 3. The number of hydrogen-bond donors (Lipinski definition) is 2. The highest BCUT2D eigenvalue weighted by atomic mass is 127. The van der Waals surface area contributed by atoms with Crippen molar-refractivity contribution in [2.75, 3.05) is 37.3 Å². The van der Waals surface area contributed by atoms with Crippen molar-refractivity contribution in [2.45, 2.75) is 44.8 Å². The summed E-state index contributed by atoms with van der Waals surface area (Å²) in [6, 6.07) is 8.19. The number of rotatable bonds is 8. The van der Waals surface area contributed by atoms with Gasteiger partial charge >= 0.3 is 0 Å². The van der Waals surface area contributed by atoms with E-state index in [-0.39, 0.29) is 34.6 Å². The predicted octanol–water partition coefficient (Wildman–Crippen LogP) is 3.67. The zero-order valence-electron chi connectivity index (χ0n) is 16.9. The van der Waals surface area contributed by atoms with Gasteiger partial charge in [-0.2, -0.15) is 11.8 Å². The Balaban J connectivity index is 0.00000364. The summed E-state index contributed by atoms with van der Waals surface area (Å²) in [6.45, 7) is 9.58. The number of thioether (sulfide) groups is 1. The average Bonchev–Trinajstić information content (AvgIpc) is 3.07. The number of para-hydroxylation sites is 1. The van der Waals surface area contributed by atoms with Crippen molar-refractivity contribution in [2.24, 2.45) is 4.99 Å². The van der Waals surface area contributed by atoms with E-state index in [0.717, 1.165) is 50.7 Å². The van der Waals surface area contributed by atoms with Gasteiger partial charge < -0.3 is 15.5 Å². The number of nitrogens with zero attached hydrogens (tertiary/aromatic N) is 2. The molecule has 0 aliphatic carbocycles. The Bertz CT molecular complexity index is 636. The van der Waals surface area contributed by atoms with E-state index >= 15 is 0 Å². The van der Waals surface area contributed by atoms with Crippen LogP contribution >= 0.6 is 35.7 Å². The molecule has 0 saturated carbocycles. The lowest BCUT2D eigenvalue weighted by molar-refractivity contribution is -0.118. The van der Waals surface area contributed by atoms with Crippen LogP contribution in [0.4, 0.5) is 5.69 Å². The van der Waals surface area contributed by atoms with Crippen LogP contribution in [0, 0.1) is 0 Å². The van der Waals surface area contributed by atoms with Crippen LogP contribution < -0.4 is 15.5 Å². The fourth-order valence-corrected chi connectivity index (χ4v) is 3.05. The van der Waals surface area contributed by atoms with Gasteiger partial charge in [0.15, 0.2) is 5.96 Å². The Morgan fingerprint density at radius 2 is 2.04 bits per heavy atom.